The van der Waals surface area contributed by atoms with Crippen LogP contribution in [-0.2, 0) is 9.53 Å². The maximum absolute atomic E-state index is 11.8. The van der Waals surface area contributed by atoms with Gasteiger partial charge in [0.2, 0.25) is 0 Å². The van der Waals surface area contributed by atoms with Gasteiger partial charge in [-0.3, -0.25) is 0 Å². The highest BCUT2D eigenvalue weighted by atomic mass is 16.5. The zero-order chi connectivity index (χ0) is 13.0. The van der Waals surface area contributed by atoms with Crippen molar-refractivity contribution >= 4 is 5.97 Å². The fraction of sp³-hybridized carbons (Fsp3) is 0.800. The third-order valence-electron chi connectivity index (χ3n) is 3.94. The minimum atomic E-state index is -0.197. The molecule has 0 aromatic heterocycles. The molecule has 17 heavy (non-hydrogen) atoms. The molecule has 2 nitrogen and oxygen atoms in total. The first-order valence-corrected chi connectivity index (χ1v) is 6.84. The summed E-state index contributed by atoms with van der Waals surface area (Å²) in [4.78, 5) is 11.8. The molecule has 1 saturated carbocycles. The smallest absolute Gasteiger partial charge is 0.333 e. The first-order chi connectivity index (χ1) is 7.95. The molecule has 0 aliphatic heterocycles. The van der Waals surface area contributed by atoms with Gasteiger partial charge < -0.3 is 4.74 Å². The number of rotatable bonds is 4. The van der Waals surface area contributed by atoms with Crippen LogP contribution in [0.1, 0.15) is 53.4 Å². The van der Waals surface area contributed by atoms with Crippen LogP contribution in [0.15, 0.2) is 12.2 Å². The minimum Gasteiger partial charge on any atom is -0.459 e. The van der Waals surface area contributed by atoms with Gasteiger partial charge in [0.05, 0.1) is 0 Å². The van der Waals surface area contributed by atoms with Crippen LogP contribution in [0.2, 0.25) is 0 Å². The number of esters is 1. The van der Waals surface area contributed by atoms with Gasteiger partial charge in [-0.05, 0) is 37.0 Å². The average molecular weight is 238 g/mol. The highest BCUT2D eigenvalue weighted by molar-refractivity contribution is 5.87. The van der Waals surface area contributed by atoms with Gasteiger partial charge in [0, 0.05) is 5.57 Å². The van der Waals surface area contributed by atoms with Crippen LogP contribution in [0.5, 0.6) is 0 Å². The van der Waals surface area contributed by atoms with Crippen LogP contribution >= 0.6 is 0 Å². The lowest BCUT2D eigenvalue weighted by molar-refractivity contribution is -0.151. The lowest BCUT2D eigenvalue weighted by Crippen LogP contribution is -2.36. The van der Waals surface area contributed by atoms with Crippen molar-refractivity contribution in [3.63, 3.8) is 0 Å². The molecule has 0 saturated heterocycles. The van der Waals surface area contributed by atoms with Crippen molar-refractivity contribution in [3.05, 3.63) is 12.2 Å². The Labute approximate surface area is 105 Å². The predicted molar refractivity (Wildman–Crippen MR) is 70.7 cm³/mol. The van der Waals surface area contributed by atoms with E-state index in [4.69, 9.17) is 4.74 Å². The summed E-state index contributed by atoms with van der Waals surface area (Å²) in [5.41, 5.74) is 0.589. The Balaban J connectivity index is 2.63. The number of carbonyl (C=O) groups excluding carboxylic acids is 1. The van der Waals surface area contributed by atoms with E-state index in [-0.39, 0.29) is 12.1 Å². The highest BCUT2D eigenvalue weighted by Crippen LogP contribution is 2.35. The lowest BCUT2D eigenvalue weighted by Gasteiger charge is -2.36. The van der Waals surface area contributed by atoms with Crippen LogP contribution in [0.3, 0.4) is 0 Å². The number of carbonyl (C=O) groups is 1. The van der Waals surface area contributed by atoms with Gasteiger partial charge in [0.25, 0.3) is 0 Å². The van der Waals surface area contributed by atoms with Crippen LogP contribution in [0.25, 0.3) is 0 Å². The predicted octanol–water partition coefficient (Wildman–Crippen LogP) is 3.96. The lowest BCUT2D eigenvalue weighted by atomic mass is 9.75. The Hall–Kier alpha value is -0.790. The monoisotopic (exact) mass is 238 g/mol. The Morgan fingerprint density at radius 2 is 2.06 bits per heavy atom. The molecule has 0 aromatic carbocycles. The molecule has 0 bridgehead atoms. The van der Waals surface area contributed by atoms with Gasteiger partial charge >= 0.3 is 5.97 Å². The molecule has 3 unspecified atom stereocenters. The summed E-state index contributed by atoms with van der Waals surface area (Å²) in [6, 6.07) is 0. The molecule has 3 atom stereocenters. The van der Waals surface area contributed by atoms with Crippen molar-refractivity contribution in [2.45, 2.75) is 59.5 Å². The normalized spacial score (nSPS) is 29.1. The average Bonchev–Trinajstić information content (AvgIpc) is 2.27. The van der Waals surface area contributed by atoms with E-state index in [0.717, 1.165) is 6.42 Å². The first kappa shape index (κ1) is 14.3. The van der Waals surface area contributed by atoms with Crippen LogP contribution in [0.4, 0.5) is 0 Å². The molecule has 2 heteroatoms. The Bertz CT molecular complexity index is 281. The van der Waals surface area contributed by atoms with Gasteiger partial charge in [-0.25, -0.2) is 4.79 Å². The first-order valence-electron chi connectivity index (χ1n) is 6.84. The number of ether oxygens (including phenoxy) is 1. The van der Waals surface area contributed by atoms with E-state index in [0.29, 0.717) is 29.7 Å². The molecular formula is C15H26O2. The van der Waals surface area contributed by atoms with Crippen molar-refractivity contribution in [3.8, 4) is 0 Å². The molecule has 1 aliphatic rings. The molecule has 0 amide bonds. The molecule has 0 radical (unpaired) electrons. The molecule has 1 rings (SSSR count). The summed E-state index contributed by atoms with van der Waals surface area (Å²) in [7, 11) is 0. The van der Waals surface area contributed by atoms with Crippen molar-refractivity contribution in [2.24, 2.45) is 17.8 Å². The maximum atomic E-state index is 11.8. The Kier molecular flexibility index (Phi) is 5.23. The number of hydrogen-bond donors (Lipinski definition) is 0. The molecule has 1 fully saturated rings. The van der Waals surface area contributed by atoms with Gasteiger partial charge in [-0.15, -0.1) is 0 Å². The van der Waals surface area contributed by atoms with E-state index in [1.165, 1.54) is 12.8 Å². The minimum absolute atomic E-state index is 0.0922. The third kappa shape index (κ3) is 3.86. The fourth-order valence-corrected chi connectivity index (χ4v) is 2.62. The summed E-state index contributed by atoms with van der Waals surface area (Å²) < 4.78 is 5.65. The third-order valence-corrected chi connectivity index (χ3v) is 3.94. The standard InChI is InChI=1S/C15H26O2/c1-6-12(5)15(16)17-14-9-11(4)7-8-13(14)10(2)3/h10-11,13-14H,5-9H2,1-4H3. The molecule has 0 heterocycles. The molecule has 0 N–H and O–H groups in total. The van der Waals surface area contributed by atoms with Crippen molar-refractivity contribution in [2.75, 3.05) is 0 Å². The van der Waals surface area contributed by atoms with Gasteiger partial charge in [-0.1, -0.05) is 40.7 Å². The van der Waals surface area contributed by atoms with E-state index in [9.17, 15) is 4.79 Å². The van der Waals surface area contributed by atoms with E-state index >= 15 is 0 Å². The summed E-state index contributed by atoms with van der Waals surface area (Å²) in [6.45, 7) is 12.4. The molecule has 0 spiro atoms. The number of hydrogen-bond acceptors (Lipinski definition) is 2. The SMILES string of the molecule is C=C(CC)C(=O)OC1CC(C)CCC1C(C)C. The summed E-state index contributed by atoms with van der Waals surface area (Å²) in [5.74, 6) is 1.56. The summed E-state index contributed by atoms with van der Waals surface area (Å²) >= 11 is 0. The van der Waals surface area contributed by atoms with Crippen molar-refractivity contribution < 1.29 is 9.53 Å². The molecule has 0 aromatic rings. The van der Waals surface area contributed by atoms with Crippen molar-refractivity contribution in [1.82, 2.24) is 0 Å². The second-order valence-corrected chi connectivity index (χ2v) is 5.73. The quantitative estimate of drug-likeness (QED) is 0.547. The molecular weight excluding hydrogens is 212 g/mol. The molecule has 1 aliphatic carbocycles. The van der Waals surface area contributed by atoms with E-state index in [1.54, 1.807) is 0 Å². The fourth-order valence-electron chi connectivity index (χ4n) is 2.62. The highest BCUT2D eigenvalue weighted by Gasteiger charge is 2.33. The van der Waals surface area contributed by atoms with E-state index in [2.05, 4.69) is 27.4 Å². The zero-order valence-electron chi connectivity index (χ0n) is 11.7. The maximum Gasteiger partial charge on any atom is 0.333 e. The van der Waals surface area contributed by atoms with Gasteiger partial charge in [0.15, 0.2) is 0 Å². The Morgan fingerprint density at radius 1 is 1.41 bits per heavy atom. The molecule has 98 valence electrons. The van der Waals surface area contributed by atoms with E-state index < -0.39 is 0 Å². The van der Waals surface area contributed by atoms with Gasteiger partial charge in [0.1, 0.15) is 6.10 Å². The van der Waals surface area contributed by atoms with Crippen LogP contribution in [0, 0.1) is 17.8 Å². The summed E-state index contributed by atoms with van der Waals surface area (Å²) in [6.07, 6.45) is 4.20. The zero-order valence-corrected chi connectivity index (χ0v) is 11.7. The van der Waals surface area contributed by atoms with Crippen LogP contribution in [-0.4, -0.2) is 12.1 Å². The van der Waals surface area contributed by atoms with Gasteiger partial charge in [-0.2, -0.15) is 0 Å². The Morgan fingerprint density at radius 3 is 2.59 bits per heavy atom. The largest absolute Gasteiger partial charge is 0.459 e. The topological polar surface area (TPSA) is 26.3 Å². The van der Waals surface area contributed by atoms with E-state index in [1.807, 2.05) is 6.92 Å². The second kappa shape index (κ2) is 6.23. The van der Waals surface area contributed by atoms with Crippen LogP contribution < -0.4 is 0 Å². The second-order valence-electron chi connectivity index (χ2n) is 5.73. The summed E-state index contributed by atoms with van der Waals surface area (Å²) in [5, 5.41) is 0. The van der Waals surface area contributed by atoms with Crippen molar-refractivity contribution in [1.29, 1.82) is 0 Å².